The molecule has 82 valence electrons. The van der Waals surface area contributed by atoms with E-state index in [9.17, 15) is 9.90 Å². The molecule has 2 heterocycles. The molecule has 0 aromatic carbocycles. The summed E-state index contributed by atoms with van der Waals surface area (Å²) < 4.78 is 5.36. The van der Waals surface area contributed by atoms with Gasteiger partial charge in [-0.15, -0.1) is 0 Å². The van der Waals surface area contributed by atoms with Gasteiger partial charge in [0.2, 0.25) is 5.89 Å². The second kappa shape index (κ2) is 4.14. The van der Waals surface area contributed by atoms with Crippen molar-refractivity contribution in [3.63, 3.8) is 0 Å². The first-order valence-corrected chi connectivity index (χ1v) is 4.73. The minimum atomic E-state index is -1.17. The van der Waals surface area contributed by atoms with Crippen molar-refractivity contribution >= 4 is 5.97 Å². The van der Waals surface area contributed by atoms with Crippen LogP contribution in [0.3, 0.4) is 0 Å². The van der Waals surface area contributed by atoms with Crippen molar-refractivity contribution in [3.8, 4) is 11.5 Å². The van der Waals surface area contributed by atoms with Crippen LogP contribution >= 0.6 is 0 Å². The van der Waals surface area contributed by atoms with Crippen molar-refractivity contribution in [3.05, 3.63) is 36.0 Å². The number of rotatable bonds is 3. The average Bonchev–Trinajstić information content (AvgIpc) is 2.61. The predicted octanol–water partition coefficient (Wildman–Crippen LogP) is 0.337. The van der Waals surface area contributed by atoms with Crippen molar-refractivity contribution < 1.29 is 14.3 Å². The van der Waals surface area contributed by atoms with Gasteiger partial charge in [0.25, 0.3) is 0 Å². The molecule has 0 saturated carbocycles. The highest BCUT2D eigenvalue weighted by Gasteiger charge is 2.11. The van der Waals surface area contributed by atoms with E-state index in [0.717, 1.165) is 5.56 Å². The van der Waals surface area contributed by atoms with Gasteiger partial charge in [-0.25, -0.2) is 4.98 Å². The van der Waals surface area contributed by atoms with Crippen LogP contribution in [0.4, 0.5) is 0 Å². The molecule has 0 spiro atoms. The van der Waals surface area contributed by atoms with Gasteiger partial charge in [0, 0.05) is 24.8 Å². The Kier molecular flexibility index (Phi) is 2.68. The molecule has 5 heteroatoms. The van der Waals surface area contributed by atoms with Gasteiger partial charge in [-0.2, -0.15) is 0 Å². The van der Waals surface area contributed by atoms with Gasteiger partial charge in [-0.1, -0.05) is 0 Å². The number of oxazole rings is 1. The van der Waals surface area contributed by atoms with E-state index in [1.54, 1.807) is 31.5 Å². The van der Waals surface area contributed by atoms with Gasteiger partial charge in [-0.3, -0.25) is 4.98 Å². The molecule has 16 heavy (non-hydrogen) atoms. The third-order valence-electron chi connectivity index (χ3n) is 2.11. The Labute approximate surface area is 91.8 Å². The maximum atomic E-state index is 10.5. The van der Waals surface area contributed by atoms with Crippen LogP contribution in [-0.4, -0.2) is 15.9 Å². The van der Waals surface area contributed by atoms with Gasteiger partial charge in [0.05, 0.1) is 11.3 Å². The molecule has 0 N–H and O–H groups in total. The molecule has 0 aliphatic heterocycles. The molecular formula is C11H9N2O3-. The van der Waals surface area contributed by atoms with Crippen molar-refractivity contribution in [1.29, 1.82) is 0 Å². The fraction of sp³-hybridized carbons (Fsp3) is 0.182. The van der Waals surface area contributed by atoms with Gasteiger partial charge in [0.15, 0.2) is 0 Å². The van der Waals surface area contributed by atoms with Crippen molar-refractivity contribution in [1.82, 2.24) is 9.97 Å². The van der Waals surface area contributed by atoms with Crippen LogP contribution in [0.15, 0.2) is 28.9 Å². The highest BCUT2D eigenvalue weighted by Crippen LogP contribution is 2.20. The topological polar surface area (TPSA) is 79.0 Å². The normalized spacial score (nSPS) is 10.3. The molecule has 0 unspecified atom stereocenters. The highest BCUT2D eigenvalue weighted by atomic mass is 16.4. The number of aliphatic carboxylic acids is 1. The number of hydrogen-bond donors (Lipinski definition) is 0. The van der Waals surface area contributed by atoms with E-state index < -0.39 is 5.97 Å². The lowest BCUT2D eigenvalue weighted by Crippen LogP contribution is -2.24. The van der Waals surface area contributed by atoms with E-state index in [0.29, 0.717) is 17.3 Å². The first-order valence-electron chi connectivity index (χ1n) is 4.73. The third kappa shape index (κ3) is 2.08. The first kappa shape index (κ1) is 10.4. The summed E-state index contributed by atoms with van der Waals surface area (Å²) in [4.78, 5) is 18.5. The van der Waals surface area contributed by atoms with Gasteiger partial charge < -0.3 is 14.3 Å². The SMILES string of the molecule is Cc1oc(-c2cccnc2)nc1CC(=O)[O-]. The van der Waals surface area contributed by atoms with Crippen molar-refractivity contribution in [2.24, 2.45) is 0 Å². The Bertz CT molecular complexity index is 505. The predicted molar refractivity (Wildman–Crippen MR) is 53.2 cm³/mol. The Balaban J connectivity index is 2.34. The molecule has 2 aromatic heterocycles. The average molecular weight is 217 g/mol. The van der Waals surface area contributed by atoms with E-state index in [2.05, 4.69) is 9.97 Å². The van der Waals surface area contributed by atoms with Crippen LogP contribution in [0.25, 0.3) is 11.5 Å². The molecule has 0 amide bonds. The number of hydrogen-bond acceptors (Lipinski definition) is 5. The quantitative estimate of drug-likeness (QED) is 0.740. The maximum Gasteiger partial charge on any atom is 0.228 e. The van der Waals surface area contributed by atoms with Gasteiger partial charge in [0.1, 0.15) is 5.76 Å². The van der Waals surface area contributed by atoms with Crippen molar-refractivity contribution in [2.45, 2.75) is 13.3 Å². The lowest BCUT2D eigenvalue weighted by molar-refractivity contribution is -0.304. The number of carbonyl (C=O) groups is 1. The summed E-state index contributed by atoms with van der Waals surface area (Å²) in [5.74, 6) is -0.306. The minimum absolute atomic E-state index is 0.240. The van der Waals surface area contributed by atoms with E-state index in [1.807, 2.05) is 0 Å². The monoisotopic (exact) mass is 217 g/mol. The summed E-state index contributed by atoms with van der Waals surface area (Å²) in [6, 6.07) is 3.55. The molecule has 2 aromatic rings. The number of carboxylic acids is 1. The zero-order chi connectivity index (χ0) is 11.5. The molecule has 0 fully saturated rings. The highest BCUT2D eigenvalue weighted by molar-refractivity contribution is 5.68. The summed E-state index contributed by atoms with van der Waals surface area (Å²) in [6.07, 6.45) is 3.01. The van der Waals surface area contributed by atoms with Gasteiger partial charge >= 0.3 is 0 Å². The largest absolute Gasteiger partial charge is 0.550 e. The number of aromatic nitrogens is 2. The van der Waals surface area contributed by atoms with Crippen LogP contribution in [0, 0.1) is 6.92 Å². The van der Waals surface area contributed by atoms with E-state index >= 15 is 0 Å². The second-order valence-corrected chi connectivity index (χ2v) is 3.31. The smallest absolute Gasteiger partial charge is 0.228 e. The lowest BCUT2D eigenvalue weighted by Gasteiger charge is -1.96. The molecule has 5 nitrogen and oxygen atoms in total. The Morgan fingerprint density at radius 1 is 1.56 bits per heavy atom. The Morgan fingerprint density at radius 2 is 2.38 bits per heavy atom. The number of nitrogens with zero attached hydrogens (tertiary/aromatic N) is 2. The standard InChI is InChI=1S/C11H10N2O3/c1-7-9(5-10(14)15)13-11(16-7)8-3-2-4-12-6-8/h2-4,6H,5H2,1H3,(H,14,15)/p-1. The fourth-order valence-electron chi connectivity index (χ4n) is 1.34. The third-order valence-corrected chi connectivity index (χ3v) is 2.11. The van der Waals surface area contributed by atoms with Crippen LogP contribution in [0.1, 0.15) is 11.5 Å². The van der Waals surface area contributed by atoms with E-state index in [-0.39, 0.29) is 6.42 Å². The second-order valence-electron chi connectivity index (χ2n) is 3.31. The van der Waals surface area contributed by atoms with Crippen LogP contribution in [0.5, 0.6) is 0 Å². The summed E-state index contributed by atoms with van der Waals surface area (Å²) in [5, 5.41) is 10.5. The number of carboxylic acid groups (broad SMARTS) is 1. The fourth-order valence-corrected chi connectivity index (χ4v) is 1.34. The van der Waals surface area contributed by atoms with Crippen LogP contribution in [-0.2, 0) is 11.2 Å². The van der Waals surface area contributed by atoms with Crippen LogP contribution in [0.2, 0.25) is 0 Å². The maximum absolute atomic E-state index is 10.5. The zero-order valence-corrected chi connectivity index (χ0v) is 8.64. The van der Waals surface area contributed by atoms with Crippen molar-refractivity contribution in [2.75, 3.05) is 0 Å². The molecule has 0 aliphatic rings. The summed E-state index contributed by atoms with van der Waals surface area (Å²) in [7, 11) is 0. The molecule has 0 radical (unpaired) electrons. The number of aryl methyl sites for hydroxylation is 1. The van der Waals surface area contributed by atoms with Gasteiger partial charge in [-0.05, 0) is 19.1 Å². The Hall–Kier alpha value is -2.17. The summed E-state index contributed by atoms with van der Waals surface area (Å²) in [5.41, 5.74) is 1.11. The molecule has 0 aliphatic carbocycles. The molecule has 0 bridgehead atoms. The number of pyridine rings is 1. The summed E-state index contributed by atoms with van der Waals surface area (Å²) in [6.45, 7) is 1.67. The van der Waals surface area contributed by atoms with Crippen LogP contribution < -0.4 is 5.11 Å². The molecular weight excluding hydrogens is 208 g/mol. The number of carbonyl (C=O) groups excluding carboxylic acids is 1. The molecule has 0 atom stereocenters. The summed E-state index contributed by atoms with van der Waals surface area (Å²) >= 11 is 0. The molecule has 0 saturated heterocycles. The van der Waals surface area contributed by atoms with E-state index in [1.165, 1.54) is 0 Å². The first-order chi connectivity index (χ1) is 7.66. The molecule has 2 rings (SSSR count). The minimum Gasteiger partial charge on any atom is -0.550 e. The zero-order valence-electron chi connectivity index (χ0n) is 8.64. The van der Waals surface area contributed by atoms with E-state index in [4.69, 9.17) is 4.42 Å². The lowest BCUT2D eigenvalue weighted by atomic mass is 10.3. The Morgan fingerprint density at radius 3 is 3.00 bits per heavy atom.